The molecule has 1 saturated heterocycles. The summed E-state index contributed by atoms with van der Waals surface area (Å²) in [6.07, 6.45) is 1.06. The highest BCUT2D eigenvalue weighted by molar-refractivity contribution is 5.83. The number of nitrogens with one attached hydrogen (secondary N) is 4. The summed E-state index contributed by atoms with van der Waals surface area (Å²) in [7, 11) is 1.28. The Morgan fingerprint density at radius 3 is 2.35 bits per heavy atom. The molecule has 4 aromatic rings. The van der Waals surface area contributed by atoms with Crippen molar-refractivity contribution in [1.29, 1.82) is 0 Å². The Morgan fingerprint density at radius 2 is 1.69 bits per heavy atom. The Labute approximate surface area is 366 Å². The number of ether oxygens (including phenoxy) is 1. The topological polar surface area (TPSA) is 178 Å². The van der Waals surface area contributed by atoms with Crippen LogP contribution < -0.4 is 21.4 Å². The third-order valence-corrected chi connectivity index (χ3v) is 11.5. The van der Waals surface area contributed by atoms with Crippen LogP contribution in [0.2, 0.25) is 0 Å². The number of carbonyl (C=O) groups is 4. The van der Waals surface area contributed by atoms with Crippen LogP contribution in [-0.2, 0) is 33.8 Å². The van der Waals surface area contributed by atoms with Gasteiger partial charge >= 0.3 is 12.1 Å². The number of aliphatic hydroxyl groups excluding tert-OH is 1. The minimum absolute atomic E-state index is 0.0339. The monoisotopic (exact) mass is 848 g/mol. The van der Waals surface area contributed by atoms with Crippen LogP contribution in [0, 0.1) is 17.3 Å². The first-order chi connectivity index (χ1) is 29.7. The molecule has 1 aliphatic rings. The second-order valence-electron chi connectivity index (χ2n) is 17.4. The molecule has 5 N–H and O–H groups in total. The van der Waals surface area contributed by atoms with Crippen molar-refractivity contribution >= 4 is 23.9 Å². The number of amides is 5. The summed E-state index contributed by atoms with van der Waals surface area (Å²) in [5.41, 5.74) is 7.61. The van der Waals surface area contributed by atoms with Crippen molar-refractivity contribution in [3.63, 3.8) is 0 Å². The van der Waals surface area contributed by atoms with Crippen molar-refractivity contribution in [2.75, 3.05) is 26.7 Å². The molecular formula is C48H64N8O6. The van der Waals surface area contributed by atoms with Crippen molar-refractivity contribution < 1.29 is 29.0 Å². The third kappa shape index (κ3) is 13.6. The van der Waals surface area contributed by atoms with Crippen LogP contribution in [0.15, 0.2) is 97.2 Å². The summed E-state index contributed by atoms with van der Waals surface area (Å²) in [6, 6.07) is 27.5. The molecule has 2 aromatic heterocycles. The number of aliphatic hydroxyl groups is 1. The molecule has 0 bridgehead atoms. The molecule has 1 fully saturated rings. The molecule has 2 aromatic carbocycles. The zero-order valence-electron chi connectivity index (χ0n) is 37.1. The van der Waals surface area contributed by atoms with E-state index >= 15 is 0 Å². The number of benzene rings is 2. The van der Waals surface area contributed by atoms with Crippen molar-refractivity contribution in [2.45, 2.75) is 98.0 Å². The summed E-state index contributed by atoms with van der Waals surface area (Å²) >= 11 is 0. The van der Waals surface area contributed by atoms with Crippen LogP contribution in [0.1, 0.15) is 82.8 Å². The quantitative estimate of drug-likeness (QED) is 0.0610. The van der Waals surface area contributed by atoms with Gasteiger partial charge in [0.25, 0.3) is 0 Å². The summed E-state index contributed by atoms with van der Waals surface area (Å²) < 4.78 is 4.72. The van der Waals surface area contributed by atoms with Gasteiger partial charge in [-0.2, -0.15) is 0 Å². The summed E-state index contributed by atoms with van der Waals surface area (Å²) in [6.45, 7) is 12.9. The fourth-order valence-electron chi connectivity index (χ4n) is 7.78. The number of nitrogens with zero attached hydrogens (tertiary/aromatic N) is 4. The zero-order valence-corrected chi connectivity index (χ0v) is 37.1. The van der Waals surface area contributed by atoms with Gasteiger partial charge in [-0.3, -0.25) is 25.0 Å². The Bertz CT molecular complexity index is 2070. The molecule has 0 spiro atoms. The number of aromatic nitrogens is 2. The van der Waals surface area contributed by atoms with E-state index in [0.717, 1.165) is 33.8 Å². The van der Waals surface area contributed by atoms with Crippen LogP contribution in [0.4, 0.5) is 9.59 Å². The van der Waals surface area contributed by atoms with Gasteiger partial charge in [0.15, 0.2) is 0 Å². The van der Waals surface area contributed by atoms with Gasteiger partial charge in [-0.05, 0) is 59.1 Å². The molecule has 332 valence electrons. The van der Waals surface area contributed by atoms with Crippen LogP contribution in [0.25, 0.3) is 11.3 Å². The van der Waals surface area contributed by atoms with Gasteiger partial charge < -0.3 is 30.7 Å². The predicted octanol–water partition coefficient (Wildman–Crippen LogP) is 6.22. The van der Waals surface area contributed by atoms with E-state index in [1.54, 1.807) is 16.1 Å². The van der Waals surface area contributed by atoms with E-state index in [9.17, 15) is 24.3 Å². The lowest BCUT2D eigenvalue weighted by molar-refractivity contribution is -0.132. The molecule has 62 heavy (non-hydrogen) atoms. The maximum Gasteiger partial charge on any atom is 0.406 e. The Morgan fingerprint density at radius 1 is 0.968 bits per heavy atom. The lowest BCUT2D eigenvalue weighted by Gasteiger charge is -2.36. The number of hydrazine groups is 1. The van der Waals surface area contributed by atoms with Gasteiger partial charge in [0.05, 0.1) is 49.1 Å². The fourth-order valence-corrected chi connectivity index (χ4v) is 7.78. The number of methoxy groups -OCH3 is 1. The molecule has 0 saturated carbocycles. The standard InChI is InChI=1S/C48H64N8O6/c1-8-33(4)44(41-27-50-46(60)56(41)29-37-17-14-19-38(52-37)32(2)3)45(59)53-40(25-34-15-10-9-11-16-34)42(57)30-55(54-43(58)26-48(5,6)31-51-47(61)62-7)28-35-20-22-36(23-21-35)39-18-12-13-24-49-39/h9-24,32-33,40-42,44,57H,8,25-31H2,1-7H3,(H,50,60)(H,51,61)(H,53,59)(H,54,58). The minimum atomic E-state index is -1.15. The molecule has 5 rings (SSSR count). The average Bonchev–Trinajstić information content (AvgIpc) is 3.61. The highest BCUT2D eigenvalue weighted by Crippen LogP contribution is 2.28. The lowest BCUT2D eigenvalue weighted by Crippen LogP contribution is -2.56. The SMILES string of the molecule is CCC(C)C(C(=O)NC(Cc1ccccc1)C(O)CN(Cc1ccc(-c2ccccn2)cc1)NC(=O)CC(C)(C)CNC(=O)OC)C1CNC(=O)N1Cc1cccc(C(C)C)n1. The highest BCUT2D eigenvalue weighted by Gasteiger charge is 2.43. The minimum Gasteiger partial charge on any atom is -0.453 e. The van der Waals surface area contributed by atoms with Crippen molar-refractivity contribution in [3.05, 3.63) is 120 Å². The zero-order chi connectivity index (χ0) is 44.8. The van der Waals surface area contributed by atoms with E-state index in [2.05, 4.69) is 40.2 Å². The summed E-state index contributed by atoms with van der Waals surface area (Å²) in [5.74, 6) is -1.08. The molecule has 14 nitrogen and oxygen atoms in total. The fraction of sp³-hybridized carbons (Fsp3) is 0.458. The molecule has 5 amide bonds. The average molecular weight is 849 g/mol. The smallest absolute Gasteiger partial charge is 0.406 e. The second-order valence-corrected chi connectivity index (χ2v) is 17.4. The first kappa shape index (κ1) is 47.2. The van der Waals surface area contributed by atoms with Crippen molar-refractivity contribution in [3.8, 4) is 11.3 Å². The van der Waals surface area contributed by atoms with E-state index in [0.29, 0.717) is 19.4 Å². The lowest BCUT2D eigenvalue weighted by atomic mass is 9.83. The Kier molecular flexibility index (Phi) is 17.0. The number of hydrogen-bond acceptors (Lipinski definition) is 9. The molecule has 0 aliphatic carbocycles. The molecule has 5 unspecified atom stereocenters. The van der Waals surface area contributed by atoms with Crippen LogP contribution >= 0.6 is 0 Å². The van der Waals surface area contributed by atoms with Gasteiger partial charge in [0, 0.05) is 50.1 Å². The summed E-state index contributed by atoms with van der Waals surface area (Å²) in [5, 5.41) is 22.8. The number of rotatable bonds is 21. The molecule has 3 heterocycles. The predicted molar refractivity (Wildman–Crippen MR) is 239 cm³/mol. The third-order valence-electron chi connectivity index (χ3n) is 11.5. The van der Waals surface area contributed by atoms with Crippen LogP contribution in [0.3, 0.4) is 0 Å². The van der Waals surface area contributed by atoms with Crippen molar-refractivity contribution in [2.24, 2.45) is 17.3 Å². The van der Waals surface area contributed by atoms with E-state index < -0.39 is 35.6 Å². The van der Waals surface area contributed by atoms with Crippen molar-refractivity contribution in [1.82, 2.24) is 41.3 Å². The van der Waals surface area contributed by atoms with E-state index in [-0.39, 0.29) is 62.3 Å². The van der Waals surface area contributed by atoms with Gasteiger partial charge in [0.2, 0.25) is 11.8 Å². The first-order valence-corrected chi connectivity index (χ1v) is 21.6. The van der Waals surface area contributed by atoms with Gasteiger partial charge in [-0.15, -0.1) is 0 Å². The molecular weight excluding hydrogens is 785 g/mol. The number of carbonyl (C=O) groups excluding carboxylic acids is 4. The maximum atomic E-state index is 14.7. The molecule has 14 heteroatoms. The number of pyridine rings is 2. The van der Waals surface area contributed by atoms with Gasteiger partial charge in [-0.25, -0.2) is 14.6 Å². The second kappa shape index (κ2) is 22.3. The van der Waals surface area contributed by atoms with E-state index in [1.807, 2.05) is 119 Å². The molecule has 1 aliphatic heterocycles. The first-order valence-electron chi connectivity index (χ1n) is 21.6. The van der Waals surface area contributed by atoms with E-state index in [1.165, 1.54) is 7.11 Å². The maximum absolute atomic E-state index is 14.7. The molecule has 0 radical (unpaired) electrons. The Hall–Kier alpha value is -5.86. The van der Waals surface area contributed by atoms with Gasteiger partial charge in [0.1, 0.15) is 0 Å². The van der Waals surface area contributed by atoms with E-state index in [4.69, 9.17) is 9.72 Å². The van der Waals surface area contributed by atoms with Gasteiger partial charge in [-0.1, -0.05) is 115 Å². The number of hydrogen-bond donors (Lipinski definition) is 5. The normalized spacial score (nSPS) is 16.0. The Balaban J connectivity index is 1.40. The highest BCUT2D eigenvalue weighted by atomic mass is 16.5. The number of alkyl carbamates (subject to hydrolysis) is 1. The molecule has 5 atom stereocenters. The van der Waals surface area contributed by atoms with Crippen LogP contribution in [-0.4, -0.2) is 93.9 Å². The largest absolute Gasteiger partial charge is 0.453 e. The van der Waals surface area contributed by atoms with Crippen LogP contribution in [0.5, 0.6) is 0 Å². The summed E-state index contributed by atoms with van der Waals surface area (Å²) in [4.78, 5) is 64.6. The number of urea groups is 1.